The van der Waals surface area contributed by atoms with E-state index in [1.54, 1.807) is 20.0 Å². The van der Waals surface area contributed by atoms with E-state index in [9.17, 15) is 24.8 Å². The molecule has 0 amide bonds. The number of ketones is 1. The summed E-state index contributed by atoms with van der Waals surface area (Å²) in [5.74, 6) is 1.09. The fourth-order valence-corrected chi connectivity index (χ4v) is 14.0. The molecule has 0 saturated heterocycles. The minimum Gasteiger partial charge on any atom is -0.481 e. The second-order valence-electron chi connectivity index (χ2n) is 21.7. The van der Waals surface area contributed by atoms with Crippen LogP contribution < -0.4 is 0 Å². The molecule has 0 bridgehead atoms. The summed E-state index contributed by atoms with van der Waals surface area (Å²) >= 11 is 0. The Labute approximate surface area is 352 Å². The van der Waals surface area contributed by atoms with Gasteiger partial charge >= 0.3 is 11.9 Å². The summed E-state index contributed by atoms with van der Waals surface area (Å²) < 4.78 is 6.22. The Morgan fingerprint density at radius 3 is 2.37 bits per heavy atom. The molecule has 4 saturated carbocycles. The van der Waals surface area contributed by atoms with Crippen molar-refractivity contribution < 1.29 is 24.2 Å². The maximum atomic E-state index is 14.6. The van der Waals surface area contributed by atoms with Crippen LogP contribution in [0.1, 0.15) is 138 Å². The maximum Gasteiger partial charge on any atom is 0.309 e. The predicted octanol–water partition coefficient (Wildman–Crippen LogP) is 8.96. The van der Waals surface area contributed by atoms with Gasteiger partial charge in [-0.25, -0.2) is 0 Å². The predicted molar refractivity (Wildman–Crippen MR) is 230 cm³/mol. The first-order valence-electron chi connectivity index (χ1n) is 22.3. The van der Waals surface area contributed by atoms with Crippen molar-refractivity contribution in [3.63, 3.8) is 0 Å². The van der Waals surface area contributed by atoms with Crippen molar-refractivity contribution >= 4 is 29.3 Å². The Bertz CT molecular complexity index is 2020. The summed E-state index contributed by atoms with van der Waals surface area (Å²) in [6, 6.07) is 5.99. The summed E-state index contributed by atoms with van der Waals surface area (Å²) in [5.41, 5.74) is 2.92. The summed E-state index contributed by atoms with van der Waals surface area (Å²) in [5, 5.41) is 19.2. The number of aromatic nitrogens is 1. The smallest absolute Gasteiger partial charge is 0.309 e. The van der Waals surface area contributed by atoms with Crippen LogP contribution in [0.2, 0.25) is 0 Å². The lowest BCUT2D eigenvalue weighted by Crippen LogP contribution is -2.66. The number of carbonyl (C=O) groups is 3. The quantitative estimate of drug-likeness (QED) is 0.230. The fourth-order valence-electron chi connectivity index (χ4n) is 14.0. The number of rotatable bonds is 10. The van der Waals surface area contributed by atoms with Gasteiger partial charge in [-0.05, 0) is 149 Å². The summed E-state index contributed by atoms with van der Waals surface area (Å²) in [6.45, 7) is 21.9. The van der Waals surface area contributed by atoms with Gasteiger partial charge < -0.3 is 19.6 Å². The minimum atomic E-state index is -1.17. The first-order chi connectivity index (χ1) is 27.6. The molecule has 1 aliphatic heterocycles. The summed E-state index contributed by atoms with van der Waals surface area (Å²) in [6.07, 6.45) is 11.8. The molecule has 7 rings (SSSR count). The molecule has 10 nitrogen and oxygen atoms in total. The number of allylic oxidation sites excluding steroid dienone is 1. The third kappa shape index (κ3) is 6.71. The Kier molecular flexibility index (Phi) is 11.0. The van der Waals surface area contributed by atoms with Crippen LogP contribution in [0.25, 0.3) is 5.70 Å². The number of likely N-dealkylation sites (N-methyl/N-ethyl adjacent to an activating group) is 1. The number of nitriles is 1. The van der Waals surface area contributed by atoms with Crippen molar-refractivity contribution in [2.75, 3.05) is 33.7 Å². The van der Waals surface area contributed by atoms with E-state index in [4.69, 9.17) is 14.7 Å². The van der Waals surface area contributed by atoms with E-state index < -0.39 is 22.8 Å². The second kappa shape index (κ2) is 15.0. The molecule has 0 radical (unpaired) electrons. The Hall–Kier alpha value is -3.84. The third-order valence-electron chi connectivity index (χ3n) is 17.2. The molecule has 320 valence electrons. The lowest BCUT2D eigenvalue weighted by atomic mass is 9.33. The van der Waals surface area contributed by atoms with Crippen LogP contribution >= 0.6 is 0 Å². The number of aliphatic carboxylic acids is 1. The van der Waals surface area contributed by atoms with Gasteiger partial charge in [0, 0.05) is 31.1 Å². The van der Waals surface area contributed by atoms with Gasteiger partial charge in [0.1, 0.15) is 18.0 Å². The number of ether oxygens (including phenoxy) is 1. The van der Waals surface area contributed by atoms with Crippen LogP contribution in [0, 0.1) is 67.5 Å². The standard InChI is InChI=1S/C49H69N5O5/c1-30(2)40-35(55)26-49(42-51-23-18-34(54(42)25-24-53(10)11)33-14-12-31(28-50)29-52-33)22-21-47(8)32(41(40)49)13-15-37-46(7)19-17-38(59-39(56)27-44(3,4)43(57)58)45(5,6)36(46)16-20-48(37,47)9/h12,14,18,29-30,32,36-38H,13,15-17,19-27H2,1-11H3,(H,57,58). The molecule has 59 heavy (non-hydrogen) atoms. The molecular weight excluding hydrogens is 739 g/mol. The highest BCUT2D eigenvalue weighted by Gasteiger charge is 2.71. The number of esters is 1. The molecule has 2 heterocycles. The fraction of sp³-hybridized carbons (Fsp3) is 0.714. The Balaban J connectivity index is 1.23. The number of hydrogen-bond donors (Lipinski definition) is 1. The zero-order chi connectivity index (χ0) is 43.1. The molecule has 1 aromatic heterocycles. The van der Waals surface area contributed by atoms with Crippen molar-refractivity contribution in [1.29, 1.82) is 5.26 Å². The molecule has 0 spiro atoms. The minimum absolute atomic E-state index is 0.0274. The molecule has 8 unspecified atom stereocenters. The van der Waals surface area contributed by atoms with Gasteiger partial charge in [-0.1, -0.05) is 48.5 Å². The highest BCUT2D eigenvalue weighted by molar-refractivity contribution is 6.10. The molecule has 8 atom stereocenters. The molecule has 1 N–H and O–H groups in total. The number of carboxylic acid groups (broad SMARTS) is 1. The van der Waals surface area contributed by atoms with Crippen LogP contribution in [-0.2, 0) is 19.1 Å². The topological polar surface area (TPSA) is 136 Å². The number of Topliss-reactive ketones (excluding diaryl/α,β-unsaturated/α-hetero) is 1. The van der Waals surface area contributed by atoms with Gasteiger partial charge in [0.25, 0.3) is 0 Å². The second-order valence-corrected chi connectivity index (χ2v) is 21.7. The van der Waals surface area contributed by atoms with Crippen LogP contribution in [0.5, 0.6) is 0 Å². The molecule has 4 fully saturated rings. The average molecular weight is 808 g/mol. The van der Waals surface area contributed by atoms with Crippen molar-refractivity contribution in [2.45, 2.75) is 133 Å². The van der Waals surface area contributed by atoms with Crippen molar-refractivity contribution in [1.82, 2.24) is 14.8 Å². The van der Waals surface area contributed by atoms with E-state index in [1.807, 2.05) is 12.1 Å². The lowest BCUT2D eigenvalue weighted by molar-refractivity contribution is -0.232. The van der Waals surface area contributed by atoms with Crippen LogP contribution in [-0.4, -0.2) is 83.3 Å². The number of aliphatic imine (C=N–C) groups is 1. The van der Waals surface area contributed by atoms with Crippen LogP contribution in [0.4, 0.5) is 0 Å². The molecule has 5 aliphatic carbocycles. The van der Waals surface area contributed by atoms with Crippen LogP contribution in [0.15, 0.2) is 40.5 Å². The first-order valence-corrected chi connectivity index (χ1v) is 22.3. The largest absolute Gasteiger partial charge is 0.481 e. The Morgan fingerprint density at radius 1 is 1.02 bits per heavy atom. The third-order valence-corrected chi connectivity index (χ3v) is 17.2. The van der Waals surface area contributed by atoms with Gasteiger partial charge in [-0.3, -0.25) is 24.4 Å². The van der Waals surface area contributed by atoms with Gasteiger partial charge in [0.15, 0.2) is 5.78 Å². The van der Waals surface area contributed by atoms with E-state index in [0.717, 1.165) is 80.7 Å². The number of fused-ring (bicyclic) bond motifs is 7. The zero-order valence-electron chi connectivity index (χ0n) is 37.7. The summed E-state index contributed by atoms with van der Waals surface area (Å²) in [7, 11) is 4.18. The molecule has 10 heteroatoms. The maximum absolute atomic E-state index is 14.6. The molecular formula is C49H69N5O5. The highest BCUT2D eigenvalue weighted by Crippen LogP contribution is 2.77. The number of amidine groups is 1. The Morgan fingerprint density at radius 2 is 1.75 bits per heavy atom. The van der Waals surface area contributed by atoms with Crippen molar-refractivity contribution in [3.05, 3.63) is 46.8 Å². The molecule has 0 aromatic carbocycles. The highest BCUT2D eigenvalue weighted by atomic mass is 16.5. The van der Waals surface area contributed by atoms with Gasteiger partial charge in [0.2, 0.25) is 0 Å². The number of carbonyl (C=O) groups excluding carboxylic acids is 2. The average Bonchev–Trinajstić information content (AvgIpc) is 3.48. The number of carboxylic acids is 1. The van der Waals surface area contributed by atoms with E-state index >= 15 is 0 Å². The van der Waals surface area contributed by atoms with Crippen LogP contribution in [0.3, 0.4) is 0 Å². The van der Waals surface area contributed by atoms with E-state index in [2.05, 4.69) is 84.5 Å². The number of pyridine rings is 1. The molecule has 6 aliphatic rings. The zero-order valence-corrected chi connectivity index (χ0v) is 37.7. The monoisotopic (exact) mass is 808 g/mol. The SMILES string of the molecule is CC(C)C1=C2C3CCC4C5(C)CCC(OC(=O)CC(C)(C)C(=O)O)C(C)(C)C5CCC4(C)C3(C)CCC2(C2=NCC=C(c3ccc(C#N)cn3)N2CCN(C)C)CC1=O. The molecule has 1 aromatic rings. The van der Waals surface area contributed by atoms with E-state index in [1.165, 1.54) is 5.57 Å². The lowest BCUT2D eigenvalue weighted by Gasteiger charge is -2.72. The van der Waals surface area contributed by atoms with Crippen molar-refractivity contribution in [2.24, 2.45) is 61.2 Å². The number of nitrogens with zero attached hydrogens (tertiary/aromatic N) is 5. The normalized spacial score (nSPS) is 35.3. The van der Waals surface area contributed by atoms with Crippen molar-refractivity contribution in [3.8, 4) is 6.07 Å². The van der Waals surface area contributed by atoms with E-state index in [-0.39, 0.29) is 51.8 Å². The van der Waals surface area contributed by atoms with E-state index in [0.29, 0.717) is 36.9 Å². The van der Waals surface area contributed by atoms with Gasteiger partial charge in [-0.2, -0.15) is 5.26 Å². The summed E-state index contributed by atoms with van der Waals surface area (Å²) in [4.78, 5) is 54.4. The van der Waals surface area contributed by atoms with Gasteiger partial charge in [-0.15, -0.1) is 0 Å². The number of hydrogen-bond acceptors (Lipinski definition) is 9. The van der Waals surface area contributed by atoms with Gasteiger partial charge in [0.05, 0.1) is 40.7 Å². The first kappa shape index (κ1) is 43.3.